The van der Waals surface area contributed by atoms with Gasteiger partial charge in [-0.2, -0.15) is 0 Å². The molecule has 5 heteroatoms. The summed E-state index contributed by atoms with van der Waals surface area (Å²) in [5.74, 6) is 0.963. The summed E-state index contributed by atoms with van der Waals surface area (Å²) < 4.78 is 15.0. The van der Waals surface area contributed by atoms with Gasteiger partial charge in [-0.1, -0.05) is 70.0 Å². The Morgan fingerprint density at radius 2 is 1.27 bits per heavy atom. The van der Waals surface area contributed by atoms with Crippen LogP contribution < -0.4 is 9.64 Å². The summed E-state index contributed by atoms with van der Waals surface area (Å²) in [7, 11) is 0. The number of hydrogen-bond donors (Lipinski definition) is 0. The van der Waals surface area contributed by atoms with Crippen LogP contribution in [0, 0.1) is 0 Å². The third-order valence-corrected chi connectivity index (χ3v) is 9.78. The van der Waals surface area contributed by atoms with Crippen LogP contribution in [-0.2, 0) is 5.41 Å². The fourth-order valence-corrected chi connectivity index (χ4v) is 6.29. The van der Waals surface area contributed by atoms with E-state index in [4.69, 9.17) is 9.15 Å². The van der Waals surface area contributed by atoms with Crippen LogP contribution in [0.2, 0.25) is 0 Å². The summed E-state index contributed by atoms with van der Waals surface area (Å²) in [6, 6.07) is 36.2. The van der Waals surface area contributed by atoms with Gasteiger partial charge >= 0.3 is 0 Å². The van der Waals surface area contributed by atoms with Gasteiger partial charge in [0.05, 0.1) is 5.69 Å². The zero-order valence-electron chi connectivity index (χ0n) is 23.3. The average Bonchev–Trinajstić information content (AvgIpc) is 3.42. The van der Waals surface area contributed by atoms with Crippen molar-refractivity contribution in [3.05, 3.63) is 118 Å². The van der Waals surface area contributed by atoms with Crippen LogP contribution >= 0.6 is 31.9 Å². The van der Waals surface area contributed by atoms with Gasteiger partial charge < -0.3 is 14.1 Å². The van der Waals surface area contributed by atoms with Crippen LogP contribution in [0.15, 0.2) is 116 Å². The molecule has 6 aromatic rings. The molecule has 0 amide bonds. The number of para-hydroxylation sites is 1. The molecule has 0 saturated carbocycles. The lowest BCUT2D eigenvalue weighted by atomic mass is 9.73. The highest BCUT2D eigenvalue weighted by Gasteiger charge is 2.48. The van der Waals surface area contributed by atoms with Crippen LogP contribution in [0.1, 0.15) is 33.3 Å². The second-order valence-electron chi connectivity index (χ2n) is 11.7. The van der Waals surface area contributed by atoms with Crippen LogP contribution in [-0.4, -0.2) is 5.60 Å². The van der Waals surface area contributed by atoms with Gasteiger partial charge in [0.15, 0.2) is 5.58 Å². The SMILES string of the molecule is CC1(C)Oc2ccc(-c3cc(N(c4ccc(Br)cc4)c4ccc(Br)cc4)c4oc5ccccc5c4c3)cc2C1(C)C. The Kier molecular flexibility index (Phi) is 6.11. The Balaban J connectivity index is 1.52. The number of nitrogens with zero attached hydrogens (tertiary/aromatic N) is 1. The Morgan fingerprint density at radius 1 is 0.634 bits per heavy atom. The maximum atomic E-state index is 6.60. The summed E-state index contributed by atoms with van der Waals surface area (Å²) in [6.07, 6.45) is 0. The highest BCUT2D eigenvalue weighted by Crippen LogP contribution is 2.51. The lowest BCUT2D eigenvalue weighted by Gasteiger charge is -2.33. The van der Waals surface area contributed by atoms with Gasteiger partial charge in [0.1, 0.15) is 16.9 Å². The monoisotopic (exact) mass is 665 g/mol. The molecule has 1 aliphatic rings. The zero-order valence-corrected chi connectivity index (χ0v) is 26.5. The molecule has 0 atom stereocenters. The molecule has 1 aliphatic heterocycles. The van der Waals surface area contributed by atoms with Crippen LogP contribution in [0.25, 0.3) is 33.1 Å². The summed E-state index contributed by atoms with van der Waals surface area (Å²) in [5.41, 5.74) is 7.88. The van der Waals surface area contributed by atoms with Crippen molar-refractivity contribution in [1.82, 2.24) is 0 Å². The molecule has 0 bridgehead atoms. The molecule has 0 spiro atoms. The van der Waals surface area contributed by atoms with Gasteiger partial charge in [-0.25, -0.2) is 0 Å². The summed E-state index contributed by atoms with van der Waals surface area (Å²) >= 11 is 7.22. The molecule has 0 radical (unpaired) electrons. The van der Waals surface area contributed by atoms with E-state index in [2.05, 4.69) is 155 Å². The molecule has 41 heavy (non-hydrogen) atoms. The van der Waals surface area contributed by atoms with E-state index in [0.717, 1.165) is 64.8 Å². The van der Waals surface area contributed by atoms with Gasteiger partial charge in [-0.05, 0) is 104 Å². The van der Waals surface area contributed by atoms with Gasteiger partial charge in [0, 0.05) is 42.1 Å². The standard InChI is InChI=1S/C36H29Br2NO2/c1-35(2)30-20-22(9-18-33(30)41-36(35,3)4)23-19-29-28-7-5-6-8-32(28)40-34(29)31(21-23)39(26-14-10-24(37)11-15-26)27-16-12-25(38)13-17-27/h5-21H,1-4H3. The number of furan rings is 1. The van der Waals surface area contributed by atoms with Crippen LogP contribution in [0.4, 0.5) is 17.1 Å². The number of fused-ring (bicyclic) bond motifs is 4. The largest absolute Gasteiger partial charge is 0.487 e. The molecule has 0 unspecified atom stereocenters. The first kappa shape index (κ1) is 26.4. The molecule has 2 heterocycles. The summed E-state index contributed by atoms with van der Waals surface area (Å²) in [5, 5.41) is 2.19. The predicted octanol–water partition coefficient (Wildman–Crippen LogP) is 11.7. The van der Waals surface area contributed by atoms with Crippen molar-refractivity contribution in [2.24, 2.45) is 0 Å². The number of halogens is 2. The minimum Gasteiger partial charge on any atom is -0.487 e. The minimum absolute atomic E-state index is 0.130. The normalized spacial score (nSPS) is 15.2. The first-order valence-corrected chi connectivity index (χ1v) is 15.3. The van der Waals surface area contributed by atoms with Gasteiger partial charge in [0.2, 0.25) is 0 Å². The molecule has 0 N–H and O–H groups in total. The van der Waals surface area contributed by atoms with E-state index >= 15 is 0 Å². The second-order valence-corrected chi connectivity index (χ2v) is 13.5. The molecule has 0 aliphatic carbocycles. The highest BCUT2D eigenvalue weighted by atomic mass is 79.9. The van der Waals surface area contributed by atoms with Crippen molar-refractivity contribution in [2.45, 2.75) is 38.7 Å². The van der Waals surface area contributed by atoms with Crippen molar-refractivity contribution in [1.29, 1.82) is 0 Å². The maximum absolute atomic E-state index is 6.60. The van der Waals surface area contributed by atoms with Gasteiger partial charge in [0.25, 0.3) is 0 Å². The third-order valence-electron chi connectivity index (χ3n) is 8.73. The second kappa shape index (κ2) is 9.50. The fourth-order valence-electron chi connectivity index (χ4n) is 5.76. The van der Waals surface area contributed by atoms with Gasteiger partial charge in [-0.15, -0.1) is 0 Å². The molecule has 1 aromatic heterocycles. The quantitative estimate of drug-likeness (QED) is 0.187. The average molecular weight is 667 g/mol. The molecule has 204 valence electrons. The number of rotatable bonds is 4. The first-order valence-electron chi connectivity index (χ1n) is 13.7. The van der Waals surface area contributed by atoms with Crippen molar-refractivity contribution in [3.63, 3.8) is 0 Å². The van der Waals surface area contributed by atoms with Crippen molar-refractivity contribution in [3.8, 4) is 16.9 Å². The smallest absolute Gasteiger partial charge is 0.159 e. The molecule has 5 aromatic carbocycles. The fraction of sp³-hybridized carbons (Fsp3) is 0.167. The summed E-state index contributed by atoms with van der Waals surface area (Å²) in [6.45, 7) is 8.87. The van der Waals surface area contributed by atoms with Crippen molar-refractivity contribution in [2.75, 3.05) is 4.90 Å². The van der Waals surface area contributed by atoms with Crippen LogP contribution in [0.3, 0.4) is 0 Å². The summed E-state index contributed by atoms with van der Waals surface area (Å²) in [4.78, 5) is 2.27. The molecular weight excluding hydrogens is 638 g/mol. The lowest BCUT2D eigenvalue weighted by molar-refractivity contribution is 0.0712. The van der Waals surface area contributed by atoms with Crippen molar-refractivity contribution >= 4 is 70.9 Å². The third kappa shape index (κ3) is 4.29. The van der Waals surface area contributed by atoms with E-state index in [0.29, 0.717) is 0 Å². The van der Waals surface area contributed by atoms with E-state index in [1.807, 2.05) is 12.1 Å². The number of ether oxygens (including phenoxy) is 1. The van der Waals surface area contributed by atoms with E-state index in [9.17, 15) is 0 Å². The van der Waals surface area contributed by atoms with Gasteiger partial charge in [-0.3, -0.25) is 0 Å². The Hall–Kier alpha value is -3.54. The molecular formula is C36H29Br2NO2. The van der Waals surface area contributed by atoms with Crippen LogP contribution in [0.5, 0.6) is 5.75 Å². The Bertz CT molecular complexity index is 1890. The lowest BCUT2D eigenvalue weighted by Crippen LogP contribution is -2.41. The molecule has 3 nitrogen and oxygen atoms in total. The number of anilines is 3. The van der Waals surface area contributed by atoms with E-state index in [1.54, 1.807) is 0 Å². The highest BCUT2D eigenvalue weighted by molar-refractivity contribution is 9.10. The molecule has 0 saturated heterocycles. The van der Waals surface area contributed by atoms with Crippen molar-refractivity contribution < 1.29 is 9.15 Å². The topological polar surface area (TPSA) is 25.6 Å². The molecule has 0 fully saturated rings. The number of benzene rings is 5. The number of hydrogen-bond acceptors (Lipinski definition) is 3. The molecule has 7 rings (SSSR count). The van der Waals surface area contributed by atoms with E-state index in [1.165, 1.54) is 5.56 Å². The first-order chi connectivity index (χ1) is 19.6. The maximum Gasteiger partial charge on any atom is 0.159 e. The van der Waals surface area contributed by atoms with E-state index < -0.39 is 0 Å². The minimum atomic E-state index is -0.288. The van der Waals surface area contributed by atoms with E-state index in [-0.39, 0.29) is 11.0 Å². The Labute approximate surface area is 257 Å². The predicted molar refractivity (Wildman–Crippen MR) is 177 cm³/mol. The Morgan fingerprint density at radius 3 is 1.93 bits per heavy atom. The zero-order chi connectivity index (χ0) is 28.5.